The summed E-state index contributed by atoms with van der Waals surface area (Å²) in [5.74, 6) is 1.02. The maximum atomic E-state index is 11.0. The molecule has 1 N–H and O–H groups in total. The van der Waals surface area contributed by atoms with Crippen LogP contribution in [-0.2, 0) is 17.8 Å². The van der Waals surface area contributed by atoms with E-state index in [2.05, 4.69) is 18.8 Å². The van der Waals surface area contributed by atoms with Gasteiger partial charge >= 0.3 is 5.97 Å². The Bertz CT molecular complexity index is 617. The molecule has 0 fully saturated rings. The molecule has 1 aromatic heterocycles. The highest BCUT2D eigenvalue weighted by atomic mass is 16.5. The van der Waals surface area contributed by atoms with Gasteiger partial charge in [-0.05, 0) is 24.5 Å². The first-order chi connectivity index (χ1) is 9.51. The highest BCUT2D eigenvalue weighted by Crippen LogP contribution is 2.23. The van der Waals surface area contributed by atoms with E-state index in [1.54, 1.807) is 7.11 Å². The van der Waals surface area contributed by atoms with Crippen molar-refractivity contribution in [3.05, 3.63) is 24.0 Å². The van der Waals surface area contributed by atoms with E-state index in [0.29, 0.717) is 11.7 Å². The van der Waals surface area contributed by atoms with Crippen molar-refractivity contribution >= 4 is 17.0 Å². The van der Waals surface area contributed by atoms with E-state index >= 15 is 0 Å². The predicted octanol–water partition coefficient (Wildman–Crippen LogP) is 2.72. The Kier molecular flexibility index (Phi) is 4.27. The third-order valence-electron chi connectivity index (χ3n) is 3.27. The van der Waals surface area contributed by atoms with Gasteiger partial charge in [-0.2, -0.15) is 0 Å². The number of carboxylic acids is 1. The van der Waals surface area contributed by atoms with Crippen molar-refractivity contribution in [2.45, 2.75) is 33.2 Å². The maximum absolute atomic E-state index is 11.0. The van der Waals surface area contributed by atoms with Gasteiger partial charge in [-0.3, -0.25) is 4.79 Å². The van der Waals surface area contributed by atoms with Crippen LogP contribution in [0.25, 0.3) is 11.0 Å². The number of hydrogen-bond acceptors (Lipinski definition) is 3. The van der Waals surface area contributed by atoms with Gasteiger partial charge in [0.05, 0.1) is 18.1 Å². The standard InChI is InChI=1S/C15H20N2O3/c1-10(2)6-7-17-13-5-4-11(20-3)8-12(13)16-14(17)9-15(18)19/h4-5,8,10H,6-7,9H2,1-3H3,(H,18,19). The highest BCUT2D eigenvalue weighted by Gasteiger charge is 2.14. The number of carbonyl (C=O) groups is 1. The van der Waals surface area contributed by atoms with Crippen LogP contribution in [0.5, 0.6) is 5.75 Å². The normalized spacial score (nSPS) is 11.2. The smallest absolute Gasteiger partial charge is 0.311 e. The molecule has 5 nitrogen and oxygen atoms in total. The molecule has 108 valence electrons. The van der Waals surface area contributed by atoms with Gasteiger partial charge < -0.3 is 14.4 Å². The van der Waals surface area contributed by atoms with E-state index in [4.69, 9.17) is 9.84 Å². The molecule has 0 aliphatic rings. The molecule has 0 radical (unpaired) electrons. The second-order valence-electron chi connectivity index (χ2n) is 5.29. The lowest BCUT2D eigenvalue weighted by molar-refractivity contribution is -0.136. The van der Waals surface area contributed by atoms with Crippen LogP contribution in [0.3, 0.4) is 0 Å². The SMILES string of the molecule is COc1ccc2c(c1)nc(CC(=O)O)n2CCC(C)C. The summed E-state index contributed by atoms with van der Waals surface area (Å²) in [5, 5.41) is 9.02. The van der Waals surface area contributed by atoms with E-state index < -0.39 is 5.97 Å². The fraction of sp³-hybridized carbons (Fsp3) is 0.467. The molecule has 0 saturated carbocycles. The number of imidazole rings is 1. The molecule has 0 aliphatic carbocycles. The van der Waals surface area contributed by atoms with Gasteiger partial charge in [0.25, 0.3) is 0 Å². The molecule has 1 aromatic carbocycles. The fourth-order valence-corrected chi connectivity index (χ4v) is 2.19. The van der Waals surface area contributed by atoms with Crippen LogP contribution in [0.4, 0.5) is 0 Å². The zero-order valence-electron chi connectivity index (χ0n) is 12.1. The zero-order chi connectivity index (χ0) is 14.7. The minimum absolute atomic E-state index is 0.0604. The number of rotatable bonds is 6. The second-order valence-corrected chi connectivity index (χ2v) is 5.29. The number of carboxylic acid groups (broad SMARTS) is 1. The molecule has 5 heteroatoms. The van der Waals surface area contributed by atoms with E-state index in [-0.39, 0.29) is 6.42 Å². The van der Waals surface area contributed by atoms with Gasteiger partial charge in [-0.25, -0.2) is 4.98 Å². The van der Waals surface area contributed by atoms with E-state index in [1.807, 2.05) is 22.8 Å². The van der Waals surface area contributed by atoms with E-state index in [1.165, 1.54) is 0 Å². The first-order valence-electron chi connectivity index (χ1n) is 6.76. The monoisotopic (exact) mass is 276 g/mol. The van der Waals surface area contributed by atoms with Crippen molar-refractivity contribution in [1.82, 2.24) is 9.55 Å². The average Bonchev–Trinajstić information content (AvgIpc) is 2.71. The fourth-order valence-electron chi connectivity index (χ4n) is 2.19. The number of aromatic nitrogens is 2. The van der Waals surface area contributed by atoms with E-state index in [0.717, 1.165) is 29.7 Å². The van der Waals surface area contributed by atoms with Gasteiger partial charge in [0, 0.05) is 12.6 Å². The molecule has 0 spiro atoms. The van der Waals surface area contributed by atoms with Crippen molar-refractivity contribution in [3.63, 3.8) is 0 Å². The number of ether oxygens (including phenoxy) is 1. The van der Waals surface area contributed by atoms with Crippen molar-refractivity contribution < 1.29 is 14.6 Å². The van der Waals surface area contributed by atoms with Crippen LogP contribution in [0.15, 0.2) is 18.2 Å². The van der Waals surface area contributed by atoms with Crippen molar-refractivity contribution in [2.75, 3.05) is 7.11 Å². The van der Waals surface area contributed by atoms with Crippen molar-refractivity contribution in [3.8, 4) is 5.75 Å². The molecule has 2 rings (SSSR count). The first-order valence-corrected chi connectivity index (χ1v) is 6.76. The van der Waals surface area contributed by atoms with Crippen LogP contribution in [0, 0.1) is 5.92 Å². The first kappa shape index (κ1) is 14.4. The summed E-state index contributed by atoms with van der Waals surface area (Å²) in [7, 11) is 1.61. The Balaban J connectivity index is 2.45. The largest absolute Gasteiger partial charge is 0.497 e. The zero-order valence-corrected chi connectivity index (χ0v) is 12.1. The highest BCUT2D eigenvalue weighted by molar-refractivity contribution is 5.79. The number of nitrogens with zero attached hydrogens (tertiary/aromatic N) is 2. The molecular weight excluding hydrogens is 256 g/mol. The summed E-state index contributed by atoms with van der Waals surface area (Å²) in [6, 6.07) is 5.65. The molecule has 1 heterocycles. The van der Waals surface area contributed by atoms with Crippen LogP contribution in [0.2, 0.25) is 0 Å². The molecular formula is C15H20N2O3. The van der Waals surface area contributed by atoms with Gasteiger partial charge in [-0.15, -0.1) is 0 Å². The number of benzene rings is 1. The summed E-state index contributed by atoms with van der Waals surface area (Å²) in [6.07, 6.45) is 0.930. The van der Waals surface area contributed by atoms with Crippen molar-refractivity contribution in [1.29, 1.82) is 0 Å². The van der Waals surface area contributed by atoms with Gasteiger partial charge in [0.15, 0.2) is 0 Å². The third-order valence-corrected chi connectivity index (χ3v) is 3.27. The molecule has 20 heavy (non-hydrogen) atoms. The van der Waals surface area contributed by atoms with Crippen LogP contribution < -0.4 is 4.74 Å². The Morgan fingerprint density at radius 2 is 2.20 bits per heavy atom. The van der Waals surface area contributed by atoms with E-state index in [9.17, 15) is 4.79 Å². The number of methoxy groups -OCH3 is 1. The Morgan fingerprint density at radius 3 is 2.80 bits per heavy atom. The van der Waals surface area contributed by atoms with Crippen LogP contribution >= 0.6 is 0 Å². The number of aryl methyl sites for hydroxylation is 1. The lowest BCUT2D eigenvalue weighted by atomic mass is 10.1. The quantitative estimate of drug-likeness (QED) is 0.881. The summed E-state index contributed by atoms with van der Waals surface area (Å²) >= 11 is 0. The molecule has 0 aliphatic heterocycles. The Labute approximate surface area is 118 Å². The minimum Gasteiger partial charge on any atom is -0.497 e. The average molecular weight is 276 g/mol. The minimum atomic E-state index is -0.863. The maximum Gasteiger partial charge on any atom is 0.311 e. The van der Waals surface area contributed by atoms with Crippen LogP contribution in [-0.4, -0.2) is 27.7 Å². The van der Waals surface area contributed by atoms with Gasteiger partial charge in [0.2, 0.25) is 0 Å². The van der Waals surface area contributed by atoms with Gasteiger partial charge in [-0.1, -0.05) is 13.8 Å². The molecule has 2 aromatic rings. The lowest BCUT2D eigenvalue weighted by Crippen LogP contribution is -2.10. The summed E-state index contributed by atoms with van der Waals surface area (Å²) in [5.41, 5.74) is 1.74. The lowest BCUT2D eigenvalue weighted by Gasteiger charge is -2.10. The number of fused-ring (bicyclic) bond motifs is 1. The Hall–Kier alpha value is -2.04. The summed E-state index contributed by atoms with van der Waals surface area (Å²) in [6.45, 7) is 5.08. The second kappa shape index (κ2) is 5.94. The summed E-state index contributed by atoms with van der Waals surface area (Å²) in [4.78, 5) is 15.4. The third kappa shape index (κ3) is 3.10. The number of hydrogen-bond donors (Lipinski definition) is 1. The molecule has 0 bridgehead atoms. The number of aliphatic carboxylic acids is 1. The predicted molar refractivity (Wildman–Crippen MR) is 77.1 cm³/mol. The van der Waals surface area contributed by atoms with Crippen molar-refractivity contribution in [2.24, 2.45) is 5.92 Å². The van der Waals surface area contributed by atoms with Crippen LogP contribution in [0.1, 0.15) is 26.1 Å². The molecule has 0 amide bonds. The topological polar surface area (TPSA) is 64.3 Å². The Morgan fingerprint density at radius 1 is 1.45 bits per heavy atom. The molecule has 0 unspecified atom stereocenters. The molecule has 0 atom stereocenters. The van der Waals surface area contributed by atoms with Gasteiger partial charge in [0.1, 0.15) is 18.0 Å². The summed E-state index contributed by atoms with van der Waals surface area (Å²) < 4.78 is 7.19. The molecule has 0 saturated heterocycles.